The zero-order valence-corrected chi connectivity index (χ0v) is 34.0. The highest BCUT2D eigenvalue weighted by atomic mass is 35.5. The Balaban J connectivity index is 0.000000192. The second-order valence-corrected chi connectivity index (χ2v) is 13.5. The van der Waals surface area contributed by atoms with Gasteiger partial charge in [0, 0.05) is 26.9 Å². The lowest BCUT2D eigenvalue weighted by Crippen LogP contribution is -2.49. The number of nitrogens with one attached hydrogen (secondary N) is 3. The van der Waals surface area contributed by atoms with E-state index < -0.39 is 24.0 Å². The summed E-state index contributed by atoms with van der Waals surface area (Å²) in [6, 6.07) is 31.4. The monoisotopic (exact) mass is 858 g/mol. The van der Waals surface area contributed by atoms with Gasteiger partial charge in [-0.3, -0.25) is 24.6 Å². The Hall–Kier alpha value is -8.13. The van der Waals surface area contributed by atoms with Crippen molar-refractivity contribution >= 4 is 47.5 Å². The van der Waals surface area contributed by atoms with Gasteiger partial charge >= 0.3 is 5.97 Å². The molecule has 0 spiro atoms. The van der Waals surface area contributed by atoms with Crippen LogP contribution in [-0.2, 0) is 22.4 Å². The number of nitriles is 2. The largest absolute Gasteiger partial charge is 0.489 e. The normalized spacial score (nSPS) is 15.0. The highest BCUT2D eigenvalue weighted by molar-refractivity contribution is 6.02. The van der Waals surface area contributed by atoms with Crippen molar-refractivity contribution in [3.8, 4) is 23.6 Å². The fourth-order valence-electron chi connectivity index (χ4n) is 6.09. The van der Waals surface area contributed by atoms with Crippen molar-refractivity contribution in [2.45, 2.75) is 24.9 Å². The molecular weight excluding hydrogens is 820 g/mol. The minimum Gasteiger partial charge on any atom is -0.489 e. The van der Waals surface area contributed by atoms with Gasteiger partial charge in [0.2, 0.25) is 11.7 Å². The van der Waals surface area contributed by atoms with Gasteiger partial charge in [-0.15, -0.1) is 22.6 Å². The number of hydrogen-bond acceptors (Lipinski definition) is 13. The number of carbonyl (C=O) groups excluding carboxylic acids is 3. The zero-order chi connectivity index (χ0) is 43.5. The Kier molecular flexibility index (Phi) is 15.0. The Bertz CT molecular complexity index is 2650. The van der Waals surface area contributed by atoms with Crippen molar-refractivity contribution in [1.82, 2.24) is 35.7 Å². The zero-order valence-electron chi connectivity index (χ0n) is 33.2. The molecule has 0 radical (unpaired) electrons. The highest BCUT2D eigenvalue weighted by Gasteiger charge is 2.31. The fourth-order valence-corrected chi connectivity index (χ4v) is 6.09. The van der Waals surface area contributed by atoms with Crippen LogP contribution in [0.1, 0.15) is 55.1 Å². The lowest BCUT2D eigenvalue weighted by atomic mass is 10.1. The van der Waals surface area contributed by atoms with Gasteiger partial charge in [0.25, 0.3) is 17.6 Å². The first kappa shape index (κ1) is 45.0. The van der Waals surface area contributed by atoms with E-state index in [-0.39, 0.29) is 49.1 Å². The summed E-state index contributed by atoms with van der Waals surface area (Å²) in [4.78, 5) is 58.5. The van der Waals surface area contributed by atoms with E-state index in [9.17, 15) is 19.2 Å². The van der Waals surface area contributed by atoms with Crippen LogP contribution in [0.3, 0.4) is 0 Å². The van der Waals surface area contributed by atoms with E-state index in [1.807, 2.05) is 54.6 Å². The molecule has 316 valence electrons. The number of para-hydroxylation sites is 4. The number of halogens is 1. The first-order valence-electron chi connectivity index (χ1n) is 18.5. The van der Waals surface area contributed by atoms with Crippen LogP contribution in [0, 0.1) is 22.7 Å². The SMILES string of the molecule is CN1C(=O)[C@@H](N)COc2ccccc21.CN1C(=O)[C@@H](NC(=O)c2n[nH]c(Cc3cccc(C#N)c3)n2)COc2ccccc21.Cl.N#Cc1cccc(Cc2nc(C(=O)O)n[nH]2)c1. The van der Waals surface area contributed by atoms with Crippen LogP contribution in [0.4, 0.5) is 11.4 Å². The van der Waals surface area contributed by atoms with Crippen LogP contribution in [0.25, 0.3) is 0 Å². The van der Waals surface area contributed by atoms with E-state index in [4.69, 9.17) is 30.8 Å². The number of carboxylic acids is 1. The summed E-state index contributed by atoms with van der Waals surface area (Å²) in [6.45, 7) is 0.240. The number of aromatic amines is 2. The molecule has 0 bridgehead atoms. The van der Waals surface area contributed by atoms with E-state index in [1.165, 1.54) is 9.80 Å². The molecule has 2 aliphatic rings. The van der Waals surface area contributed by atoms with Gasteiger partial charge in [-0.1, -0.05) is 48.5 Å². The lowest BCUT2D eigenvalue weighted by Gasteiger charge is -2.19. The molecule has 8 rings (SSSR count). The molecular formula is C42H39ClN12O7. The molecule has 4 aromatic carbocycles. The van der Waals surface area contributed by atoms with Crippen molar-refractivity contribution in [2.24, 2.45) is 5.73 Å². The number of ether oxygens (including phenoxy) is 2. The summed E-state index contributed by atoms with van der Waals surface area (Å²) in [6.07, 6.45) is 0.801. The predicted molar refractivity (Wildman–Crippen MR) is 225 cm³/mol. The van der Waals surface area contributed by atoms with Crippen molar-refractivity contribution < 1.29 is 33.8 Å². The van der Waals surface area contributed by atoms with Gasteiger partial charge in [0.05, 0.1) is 34.6 Å². The standard InChI is InChI=1S/C21H18N6O3.C11H8N4O2.C10H12N2O2.ClH/c1-27-16-7-2-3-8-17(16)30-12-15(21(27)29)23-20(28)19-24-18(25-26-19)10-13-5-4-6-14(9-13)11-22;12-6-8-3-1-2-7(4-8)5-9-13-10(11(16)17)15-14-9;1-12-8-4-2-3-5-9(8)14-6-7(11)10(12)13;/h2-9,15H,10,12H2,1H3,(H,23,28)(H,24,25,26);1-4H,5H2,(H,16,17)(H,13,14,15);2-5,7H,6,11H2,1H3;1H/t15-;;7-;/m0.0./s1. The van der Waals surface area contributed by atoms with Gasteiger partial charge in [0.15, 0.2) is 0 Å². The molecule has 2 aromatic heterocycles. The molecule has 0 unspecified atom stereocenters. The van der Waals surface area contributed by atoms with Crippen LogP contribution in [0.2, 0.25) is 0 Å². The molecule has 62 heavy (non-hydrogen) atoms. The number of hydrogen-bond donors (Lipinski definition) is 5. The summed E-state index contributed by atoms with van der Waals surface area (Å²) < 4.78 is 11.1. The minimum atomic E-state index is -1.17. The molecule has 0 saturated carbocycles. The molecule has 20 heteroatoms. The van der Waals surface area contributed by atoms with Gasteiger partial charge < -0.3 is 35.4 Å². The van der Waals surface area contributed by atoms with Crippen LogP contribution < -0.4 is 30.3 Å². The summed E-state index contributed by atoms with van der Waals surface area (Å²) in [5.74, 6) is -0.271. The third-order valence-electron chi connectivity index (χ3n) is 9.17. The van der Waals surface area contributed by atoms with Crippen LogP contribution in [0.5, 0.6) is 11.5 Å². The molecule has 4 heterocycles. The number of benzene rings is 4. The fraction of sp³-hybridized carbons (Fsp3) is 0.190. The van der Waals surface area contributed by atoms with E-state index in [0.29, 0.717) is 52.8 Å². The molecule has 2 atom stereocenters. The number of carbonyl (C=O) groups is 4. The van der Waals surface area contributed by atoms with Gasteiger partial charge in [0.1, 0.15) is 48.4 Å². The number of H-pyrrole nitrogens is 2. The van der Waals surface area contributed by atoms with E-state index in [2.05, 4.69) is 41.7 Å². The number of aromatic nitrogens is 6. The minimum absolute atomic E-state index is 0. The van der Waals surface area contributed by atoms with E-state index >= 15 is 0 Å². The number of nitrogens with two attached hydrogens (primary N) is 1. The molecule has 2 aliphatic heterocycles. The van der Waals surface area contributed by atoms with Crippen molar-refractivity contribution in [3.05, 3.63) is 143 Å². The van der Waals surface area contributed by atoms with Gasteiger partial charge in [-0.25, -0.2) is 14.8 Å². The third kappa shape index (κ3) is 11.1. The first-order chi connectivity index (χ1) is 29.4. The summed E-state index contributed by atoms with van der Waals surface area (Å²) >= 11 is 0. The number of rotatable bonds is 7. The van der Waals surface area contributed by atoms with Gasteiger partial charge in [-0.2, -0.15) is 10.5 Å². The van der Waals surface area contributed by atoms with E-state index in [1.54, 1.807) is 62.6 Å². The Labute approximate surface area is 360 Å². The Morgan fingerprint density at radius 3 is 1.76 bits per heavy atom. The smallest absolute Gasteiger partial charge is 0.375 e. The molecule has 0 fully saturated rings. The molecule has 19 nitrogen and oxygen atoms in total. The summed E-state index contributed by atoms with van der Waals surface area (Å²) in [5.41, 5.74) is 9.88. The molecule has 6 aromatic rings. The number of nitrogens with zero attached hydrogens (tertiary/aromatic N) is 8. The van der Waals surface area contributed by atoms with Gasteiger partial charge in [-0.05, 0) is 59.7 Å². The number of likely N-dealkylation sites (N-methyl/N-ethyl adjacent to an activating group) is 2. The average molecular weight is 859 g/mol. The summed E-state index contributed by atoms with van der Waals surface area (Å²) in [5, 5.41) is 41.8. The number of carboxylic acid groups (broad SMARTS) is 1. The Morgan fingerprint density at radius 1 is 0.758 bits per heavy atom. The molecule has 6 N–H and O–H groups in total. The van der Waals surface area contributed by atoms with Crippen molar-refractivity contribution in [1.29, 1.82) is 10.5 Å². The predicted octanol–water partition coefficient (Wildman–Crippen LogP) is 3.18. The molecule has 0 saturated heterocycles. The lowest BCUT2D eigenvalue weighted by molar-refractivity contribution is -0.120. The maximum absolute atomic E-state index is 12.7. The van der Waals surface area contributed by atoms with Crippen LogP contribution >= 0.6 is 12.4 Å². The molecule has 3 amide bonds. The third-order valence-corrected chi connectivity index (χ3v) is 9.17. The quantitative estimate of drug-likeness (QED) is 0.154. The highest BCUT2D eigenvalue weighted by Crippen LogP contribution is 2.30. The first-order valence-corrected chi connectivity index (χ1v) is 18.5. The maximum atomic E-state index is 12.7. The summed E-state index contributed by atoms with van der Waals surface area (Å²) in [7, 11) is 3.34. The Morgan fingerprint density at radius 2 is 1.24 bits per heavy atom. The topological polar surface area (TPSA) is 282 Å². The second kappa shape index (κ2) is 20.7. The average Bonchev–Trinajstić information content (AvgIpc) is 3.92. The van der Waals surface area contributed by atoms with Crippen molar-refractivity contribution in [2.75, 3.05) is 37.1 Å². The number of fused-ring (bicyclic) bond motifs is 2. The number of amides is 3. The number of aromatic carboxylic acids is 1. The van der Waals surface area contributed by atoms with Crippen molar-refractivity contribution in [3.63, 3.8) is 0 Å². The van der Waals surface area contributed by atoms with Crippen LogP contribution in [0.15, 0.2) is 97.1 Å². The second-order valence-electron chi connectivity index (χ2n) is 13.5. The van der Waals surface area contributed by atoms with E-state index in [0.717, 1.165) is 16.8 Å². The maximum Gasteiger partial charge on any atom is 0.375 e. The van der Waals surface area contributed by atoms with Crippen LogP contribution in [-0.4, -0.2) is 98.6 Å². The number of anilines is 2. The molecule has 0 aliphatic carbocycles.